The summed E-state index contributed by atoms with van der Waals surface area (Å²) in [6.07, 6.45) is 2.78. The van der Waals surface area contributed by atoms with Gasteiger partial charge in [-0.15, -0.1) is 23.7 Å². The molecule has 1 aliphatic heterocycles. The molecule has 1 saturated heterocycles. The molecule has 0 spiro atoms. The maximum absolute atomic E-state index is 11.8. The molecule has 0 unspecified atom stereocenters. The number of nitrogens with one attached hydrogen (secondary N) is 2. The summed E-state index contributed by atoms with van der Waals surface area (Å²) < 4.78 is 0. The van der Waals surface area contributed by atoms with Crippen LogP contribution in [0.5, 0.6) is 0 Å². The van der Waals surface area contributed by atoms with E-state index in [1.54, 1.807) is 11.3 Å². The number of piperidine rings is 1. The summed E-state index contributed by atoms with van der Waals surface area (Å²) in [5.74, 6) is 0.149. The van der Waals surface area contributed by atoms with Gasteiger partial charge in [-0.25, -0.2) is 0 Å². The number of halogens is 1. The van der Waals surface area contributed by atoms with Gasteiger partial charge in [-0.2, -0.15) is 0 Å². The zero-order valence-electron chi connectivity index (χ0n) is 9.99. The lowest BCUT2D eigenvalue weighted by molar-refractivity contribution is -0.121. The van der Waals surface area contributed by atoms with Gasteiger partial charge in [0.15, 0.2) is 0 Å². The number of thiophene rings is 1. The molecule has 2 N–H and O–H groups in total. The summed E-state index contributed by atoms with van der Waals surface area (Å²) in [6, 6.07) is 4.43. The number of carbonyl (C=O) groups excluding carboxylic acids is 1. The van der Waals surface area contributed by atoms with E-state index in [4.69, 9.17) is 0 Å². The van der Waals surface area contributed by atoms with Gasteiger partial charge in [0.05, 0.1) is 6.42 Å². The Hall–Kier alpha value is -0.580. The van der Waals surface area contributed by atoms with Crippen LogP contribution >= 0.6 is 23.7 Å². The second kappa shape index (κ2) is 6.99. The molecule has 1 aromatic heterocycles. The van der Waals surface area contributed by atoms with Gasteiger partial charge in [0.2, 0.25) is 5.91 Å². The van der Waals surface area contributed by atoms with E-state index in [0.717, 1.165) is 30.8 Å². The van der Waals surface area contributed by atoms with Gasteiger partial charge in [-0.05, 0) is 38.4 Å². The highest BCUT2D eigenvalue weighted by molar-refractivity contribution is 7.12. The molecule has 3 nitrogen and oxygen atoms in total. The largest absolute Gasteiger partial charge is 0.352 e. The number of hydrogen-bond acceptors (Lipinski definition) is 3. The van der Waals surface area contributed by atoms with Crippen LogP contribution in [0.3, 0.4) is 0 Å². The van der Waals surface area contributed by atoms with E-state index in [1.165, 1.54) is 4.88 Å². The zero-order chi connectivity index (χ0) is 11.4. The molecule has 1 fully saturated rings. The Labute approximate surface area is 112 Å². The molecule has 0 aliphatic carbocycles. The lowest BCUT2D eigenvalue weighted by atomic mass is 10.1. The summed E-state index contributed by atoms with van der Waals surface area (Å²) >= 11 is 1.70. The van der Waals surface area contributed by atoms with Crippen LogP contribution in [-0.2, 0) is 11.2 Å². The second-order valence-corrected chi connectivity index (χ2v) is 5.67. The number of rotatable bonds is 3. The van der Waals surface area contributed by atoms with E-state index in [9.17, 15) is 4.79 Å². The molecular formula is C12H19ClN2OS. The first-order chi connectivity index (χ1) is 7.74. The van der Waals surface area contributed by atoms with Gasteiger partial charge in [-0.1, -0.05) is 0 Å². The Morgan fingerprint density at radius 2 is 2.41 bits per heavy atom. The molecule has 96 valence electrons. The van der Waals surface area contributed by atoms with Crippen molar-refractivity contribution in [1.82, 2.24) is 10.6 Å². The van der Waals surface area contributed by atoms with Gasteiger partial charge < -0.3 is 10.6 Å². The summed E-state index contributed by atoms with van der Waals surface area (Å²) in [5, 5.41) is 6.38. The molecule has 1 aromatic rings. The summed E-state index contributed by atoms with van der Waals surface area (Å²) in [7, 11) is 0. The van der Waals surface area contributed by atoms with Crippen LogP contribution in [0, 0.1) is 6.92 Å². The first kappa shape index (κ1) is 14.5. The average Bonchev–Trinajstić information content (AvgIpc) is 2.65. The molecule has 1 amide bonds. The van der Waals surface area contributed by atoms with Crippen LogP contribution < -0.4 is 10.6 Å². The van der Waals surface area contributed by atoms with Crippen molar-refractivity contribution in [3.05, 3.63) is 21.9 Å². The molecule has 2 rings (SSSR count). The summed E-state index contributed by atoms with van der Waals surface area (Å²) in [4.78, 5) is 14.2. The van der Waals surface area contributed by atoms with E-state index in [1.807, 2.05) is 6.07 Å². The third-order valence-corrected chi connectivity index (χ3v) is 3.79. The highest BCUT2D eigenvalue weighted by Gasteiger charge is 2.15. The quantitative estimate of drug-likeness (QED) is 0.884. The van der Waals surface area contributed by atoms with Gasteiger partial charge in [0, 0.05) is 22.3 Å². The topological polar surface area (TPSA) is 41.1 Å². The van der Waals surface area contributed by atoms with Crippen LogP contribution in [0.2, 0.25) is 0 Å². The molecule has 0 saturated carbocycles. The fraction of sp³-hybridized carbons (Fsp3) is 0.583. The third kappa shape index (κ3) is 4.66. The molecule has 2 heterocycles. The lowest BCUT2D eigenvalue weighted by Gasteiger charge is -2.23. The van der Waals surface area contributed by atoms with Crippen LogP contribution in [0.15, 0.2) is 12.1 Å². The normalized spacial score (nSPS) is 19.5. The fourth-order valence-corrected chi connectivity index (χ4v) is 2.88. The maximum Gasteiger partial charge on any atom is 0.225 e. The first-order valence-corrected chi connectivity index (χ1v) is 6.61. The van der Waals surface area contributed by atoms with Gasteiger partial charge in [-0.3, -0.25) is 4.79 Å². The molecule has 0 bridgehead atoms. The highest BCUT2D eigenvalue weighted by atomic mass is 35.5. The standard InChI is InChI=1S/C12H18N2OS.ClH/c1-9-4-5-11(16-9)7-12(15)14-10-3-2-6-13-8-10;/h4-5,10,13H,2-3,6-8H2,1H3,(H,14,15);1H/t10-;/m0./s1. The van der Waals surface area contributed by atoms with Crippen molar-refractivity contribution in [1.29, 1.82) is 0 Å². The molecule has 1 aliphatic rings. The Morgan fingerprint density at radius 1 is 1.59 bits per heavy atom. The van der Waals surface area contributed by atoms with Crippen molar-refractivity contribution < 1.29 is 4.79 Å². The number of hydrogen-bond donors (Lipinski definition) is 2. The van der Waals surface area contributed by atoms with Crippen LogP contribution in [0.25, 0.3) is 0 Å². The number of amides is 1. The van der Waals surface area contributed by atoms with E-state index >= 15 is 0 Å². The minimum Gasteiger partial charge on any atom is -0.352 e. The molecule has 17 heavy (non-hydrogen) atoms. The zero-order valence-corrected chi connectivity index (χ0v) is 11.6. The smallest absolute Gasteiger partial charge is 0.225 e. The molecule has 5 heteroatoms. The second-order valence-electron chi connectivity index (χ2n) is 4.30. The first-order valence-electron chi connectivity index (χ1n) is 5.79. The maximum atomic E-state index is 11.8. The summed E-state index contributed by atoms with van der Waals surface area (Å²) in [5.41, 5.74) is 0. The van der Waals surface area contributed by atoms with E-state index in [-0.39, 0.29) is 18.3 Å². The molecule has 0 aromatic carbocycles. The summed E-state index contributed by atoms with van der Waals surface area (Å²) in [6.45, 7) is 4.06. The van der Waals surface area contributed by atoms with Crippen molar-refractivity contribution in [2.24, 2.45) is 0 Å². The molecular weight excluding hydrogens is 256 g/mol. The van der Waals surface area contributed by atoms with Crippen molar-refractivity contribution in [2.45, 2.75) is 32.2 Å². The van der Waals surface area contributed by atoms with Crippen LogP contribution in [-0.4, -0.2) is 25.0 Å². The van der Waals surface area contributed by atoms with Gasteiger partial charge >= 0.3 is 0 Å². The van der Waals surface area contributed by atoms with Crippen LogP contribution in [0.4, 0.5) is 0 Å². The Balaban J connectivity index is 0.00000144. The predicted octanol–water partition coefficient (Wildman–Crippen LogP) is 1.89. The highest BCUT2D eigenvalue weighted by Crippen LogP contribution is 2.15. The van der Waals surface area contributed by atoms with Crippen molar-refractivity contribution >= 4 is 29.7 Å². The minimum atomic E-state index is 0. The van der Waals surface area contributed by atoms with E-state index in [0.29, 0.717) is 12.5 Å². The third-order valence-electron chi connectivity index (χ3n) is 2.79. The van der Waals surface area contributed by atoms with E-state index in [2.05, 4.69) is 23.6 Å². The molecule has 1 atom stereocenters. The average molecular weight is 275 g/mol. The van der Waals surface area contributed by atoms with E-state index < -0.39 is 0 Å². The van der Waals surface area contributed by atoms with Gasteiger partial charge in [0.1, 0.15) is 0 Å². The van der Waals surface area contributed by atoms with Crippen molar-refractivity contribution in [2.75, 3.05) is 13.1 Å². The number of carbonyl (C=O) groups is 1. The predicted molar refractivity (Wildman–Crippen MR) is 74.0 cm³/mol. The van der Waals surface area contributed by atoms with Crippen LogP contribution in [0.1, 0.15) is 22.6 Å². The Kier molecular flexibility index (Phi) is 5.95. The Bertz CT molecular complexity index is 361. The van der Waals surface area contributed by atoms with Crippen molar-refractivity contribution in [3.63, 3.8) is 0 Å². The van der Waals surface area contributed by atoms with Crippen molar-refractivity contribution in [3.8, 4) is 0 Å². The molecule has 0 radical (unpaired) electrons. The SMILES string of the molecule is Cc1ccc(CC(=O)N[C@H]2CCCNC2)s1.Cl. The lowest BCUT2D eigenvalue weighted by Crippen LogP contribution is -2.46. The minimum absolute atomic E-state index is 0. The number of aryl methyl sites for hydroxylation is 1. The monoisotopic (exact) mass is 274 g/mol. The Morgan fingerprint density at radius 3 is 3.00 bits per heavy atom. The fourth-order valence-electron chi connectivity index (χ4n) is 1.99. The van der Waals surface area contributed by atoms with Gasteiger partial charge in [0.25, 0.3) is 0 Å².